The van der Waals surface area contributed by atoms with Crippen LogP contribution in [0.2, 0.25) is 0 Å². The number of carboxylic acid groups (broad SMARTS) is 1. The lowest BCUT2D eigenvalue weighted by Gasteiger charge is -2.27. The number of aldehydes is 1. The topological polar surface area (TPSA) is 91.8 Å². The highest BCUT2D eigenvalue weighted by atomic mass is 32.2. The molecule has 2 aromatic rings. The van der Waals surface area contributed by atoms with Gasteiger partial charge in [-0.3, -0.25) is 9.59 Å². The Balaban J connectivity index is 2.27. The molecule has 0 saturated carbocycles. The van der Waals surface area contributed by atoms with Gasteiger partial charge in [-0.1, -0.05) is 74.7 Å². The molecule has 0 bridgehead atoms. The smallest absolute Gasteiger partial charge is 0.322 e. The molecule has 156 valence electrons. The van der Waals surface area contributed by atoms with Crippen molar-refractivity contribution in [2.75, 3.05) is 6.26 Å². The van der Waals surface area contributed by atoms with Crippen molar-refractivity contribution in [1.29, 1.82) is 0 Å². The van der Waals surface area contributed by atoms with E-state index < -0.39 is 22.0 Å². The molecule has 0 saturated heterocycles. The summed E-state index contributed by atoms with van der Waals surface area (Å²) in [5.41, 5.74) is 2.88. The van der Waals surface area contributed by atoms with Crippen LogP contribution in [0.25, 0.3) is 11.1 Å². The molecule has 0 amide bonds. The maximum absolute atomic E-state index is 12.3. The third-order valence-electron chi connectivity index (χ3n) is 4.83. The number of carbonyl (C=O) groups excluding carboxylic acids is 1. The van der Waals surface area contributed by atoms with E-state index in [-0.39, 0.29) is 13.0 Å². The number of hydrogen-bond acceptors (Lipinski definition) is 4. The van der Waals surface area contributed by atoms with Crippen molar-refractivity contribution < 1.29 is 23.1 Å². The molecule has 1 unspecified atom stereocenters. The van der Waals surface area contributed by atoms with E-state index in [1.165, 1.54) is 0 Å². The highest BCUT2D eigenvalue weighted by Crippen LogP contribution is 2.24. The van der Waals surface area contributed by atoms with Crippen LogP contribution in [-0.2, 0) is 21.4 Å². The molecule has 0 aliphatic heterocycles. The first kappa shape index (κ1) is 22.8. The van der Waals surface area contributed by atoms with Gasteiger partial charge in [-0.05, 0) is 23.1 Å². The van der Waals surface area contributed by atoms with Crippen molar-refractivity contribution in [3.63, 3.8) is 0 Å². The minimum Gasteiger partial charge on any atom is -0.480 e. The van der Waals surface area contributed by atoms with E-state index in [1.54, 1.807) is 24.3 Å². The molecule has 0 fully saturated rings. The summed E-state index contributed by atoms with van der Waals surface area (Å²) >= 11 is 0. The van der Waals surface area contributed by atoms with Crippen molar-refractivity contribution in [2.24, 2.45) is 0 Å². The van der Waals surface area contributed by atoms with Gasteiger partial charge in [-0.15, -0.1) is 0 Å². The van der Waals surface area contributed by atoms with Crippen LogP contribution in [0.4, 0.5) is 0 Å². The number of nitrogens with zero attached hydrogens (tertiary/aromatic N) is 1. The maximum atomic E-state index is 12.3. The highest BCUT2D eigenvalue weighted by Gasteiger charge is 2.31. The first-order chi connectivity index (χ1) is 13.8. The molecule has 0 radical (unpaired) electrons. The lowest BCUT2D eigenvalue weighted by molar-refractivity contribution is -0.141. The number of aliphatic carboxylic acids is 1. The zero-order valence-electron chi connectivity index (χ0n) is 16.7. The second kappa shape index (κ2) is 10.3. The molecule has 0 aliphatic rings. The van der Waals surface area contributed by atoms with Gasteiger partial charge >= 0.3 is 5.97 Å². The summed E-state index contributed by atoms with van der Waals surface area (Å²) in [7, 11) is -3.71. The van der Waals surface area contributed by atoms with Crippen molar-refractivity contribution in [2.45, 2.75) is 45.2 Å². The van der Waals surface area contributed by atoms with Gasteiger partial charge in [0.25, 0.3) is 0 Å². The predicted molar refractivity (Wildman–Crippen MR) is 113 cm³/mol. The zero-order valence-corrected chi connectivity index (χ0v) is 17.6. The van der Waals surface area contributed by atoms with Crippen LogP contribution in [0, 0.1) is 0 Å². The molecule has 29 heavy (non-hydrogen) atoms. The number of sulfonamides is 1. The first-order valence-corrected chi connectivity index (χ1v) is 11.5. The summed E-state index contributed by atoms with van der Waals surface area (Å²) in [6.07, 6.45) is 4.54. The summed E-state index contributed by atoms with van der Waals surface area (Å²) in [5.74, 6) is -1.14. The van der Waals surface area contributed by atoms with Gasteiger partial charge in [-0.25, -0.2) is 8.42 Å². The summed E-state index contributed by atoms with van der Waals surface area (Å²) in [5, 5.41) is 9.60. The summed E-state index contributed by atoms with van der Waals surface area (Å²) in [6, 6.07) is 13.3. The molecular formula is C22H27NO5S. The molecule has 1 atom stereocenters. The quantitative estimate of drug-likeness (QED) is 0.441. The third-order valence-corrected chi connectivity index (χ3v) is 6.07. The van der Waals surface area contributed by atoms with E-state index >= 15 is 0 Å². The van der Waals surface area contributed by atoms with Gasteiger partial charge in [0.05, 0.1) is 6.26 Å². The van der Waals surface area contributed by atoms with Crippen LogP contribution >= 0.6 is 0 Å². The fourth-order valence-corrected chi connectivity index (χ4v) is 4.31. The fraction of sp³-hybridized carbons (Fsp3) is 0.364. The van der Waals surface area contributed by atoms with Crippen molar-refractivity contribution in [3.05, 3.63) is 59.7 Å². The largest absolute Gasteiger partial charge is 0.480 e. The van der Waals surface area contributed by atoms with Crippen molar-refractivity contribution in [3.8, 4) is 11.1 Å². The monoisotopic (exact) mass is 417 g/mol. The Kier molecular flexibility index (Phi) is 8.10. The Labute approximate surface area is 172 Å². The van der Waals surface area contributed by atoms with Crippen LogP contribution in [0.15, 0.2) is 48.5 Å². The first-order valence-electron chi connectivity index (χ1n) is 9.61. The lowest BCUT2D eigenvalue weighted by Crippen LogP contribution is -2.44. The van der Waals surface area contributed by atoms with Gasteiger partial charge in [0.15, 0.2) is 6.29 Å². The van der Waals surface area contributed by atoms with Gasteiger partial charge in [0.1, 0.15) is 6.04 Å². The number of benzene rings is 2. The number of carboxylic acids is 1. The summed E-state index contributed by atoms with van der Waals surface area (Å²) in [6.45, 7) is 1.99. The summed E-state index contributed by atoms with van der Waals surface area (Å²) in [4.78, 5) is 23.0. The predicted octanol–water partition coefficient (Wildman–Crippen LogP) is 3.96. The minimum atomic E-state index is -3.71. The molecule has 2 rings (SSSR count). The average Bonchev–Trinajstić information content (AvgIpc) is 2.69. The Hall–Kier alpha value is -2.51. The van der Waals surface area contributed by atoms with Crippen LogP contribution in [0.3, 0.4) is 0 Å². The van der Waals surface area contributed by atoms with Crippen LogP contribution < -0.4 is 0 Å². The fourth-order valence-electron chi connectivity index (χ4n) is 3.27. The van der Waals surface area contributed by atoms with E-state index in [4.69, 9.17) is 0 Å². The number of carbonyl (C=O) groups is 2. The molecule has 0 spiro atoms. The molecule has 6 nitrogen and oxygen atoms in total. The van der Waals surface area contributed by atoms with E-state index in [0.717, 1.165) is 40.8 Å². The second-order valence-electron chi connectivity index (χ2n) is 7.06. The van der Waals surface area contributed by atoms with E-state index in [2.05, 4.69) is 0 Å². The van der Waals surface area contributed by atoms with Gasteiger partial charge in [0, 0.05) is 12.1 Å². The Morgan fingerprint density at radius 2 is 1.76 bits per heavy atom. The molecule has 7 heteroatoms. The lowest BCUT2D eigenvalue weighted by atomic mass is 9.99. The van der Waals surface area contributed by atoms with Crippen LogP contribution in [-0.4, -0.2) is 42.4 Å². The summed E-state index contributed by atoms with van der Waals surface area (Å²) < 4.78 is 25.7. The minimum absolute atomic E-state index is 0.0163. The molecule has 1 N–H and O–H groups in total. The molecule has 0 aliphatic carbocycles. The second-order valence-corrected chi connectivity index (χ2v) is 9.00. The van der Waals surface area contributed by atoms with E-state index in [1.807, 2.05) is 31.2 Å². The standard InChI is InChI=1S/C22H27NO5S/c1-3-4-5-10-21(22(25)26)23(29(2,27)28)15-17-11-13-18(14-12-17)20-9-7-6-8-19(20)16-24/h6-9,11-14,16,21H,3-5,10,15H2,1-2H3,(H,25,26). The molecule has 0 heterocycles. The van der Waals surface area contributed by atoms with E-state index in [9.17, 15) is 23.1 Å². The zero-order chi connectivity index (χ0) is 21.4. The maximum Gasteiger partial charge on any atom is 0.322 e. The molecular weight excluding hydrogens is 390 g/mol. The van der Waals surface area contributed by atoms with Gasteiger partial charge in [0.2, 0.25) is 10.0 Å². The van der Waals surface area contributed by atoms with E-state index in [0.29, 0.717) is 17.5 Å². The Morgan fingerprint density at radius 1 is 1.10 bits per heavy atom. The molecule has 2 aromatic carbocycles. The van der Waals surface area contributed by atoms with Crippen LogP contribution in [0.1, 0.15) is 48.5 Å². The van der Waals surface area contributed by atoms with Crippen LogP contribution in [0.5, 0.6) is 0 Å². The van der Waals surface area contributed by atoms with Crippen molar-refractivity contribution >= 4 is 22.3 Å². The molecule has 0 aromatic heterocycles. The highest BCUT2D eigenvalue weighted by molar-refractivity contribution is 7.88. The SMILES string of the molecule is CCCCCC(C(=O)O)N(Cc1ccc(-c2ccccc2C=O)cc1)S(C)(=O)=O. The van der Waals surface area contributed by atoms with Crippen molar-refractivity contribution in [1.82, 2.24) is 4.31 Å². The number of unbranched alkanes of at least 4 members (excludes halogenated alkanes) is 2. The average molecular weight is 418 g/mol. The Morgan fingerprint density at radius 3 is 2.31 bits per heavy atom. The third kappa shape index (κ3) is 6.24. The number of rotatable bonds is 11. The van der Waals surface area contributed by atoms with Gasteiger partial charge in [-0.2, -0.15) is 4.31 Å². The number of hydrogen-bond donors (Lipinski definition) is 1. The van der Waals surface area contributed by atoms with Gasteiger partial charge < -0.3 is 5.11 Å². The normalized spacial score (nSPS) is 12.7. The Bertz CT molecular complexity index is 938.